The first kappa shape index (κ1) is 20.7. The second kappa shape index (κ2) is 9.47. The maximum absolute atomic E-state index is 12.1. The molecule has 2 aromatic carbocycles. The van der Waals surface area contributed by atoms with Crippen LogP contribution in [0.2, 0.25) is 0 Å². The van der Waals surface area contributed by atoms with E-state index in [0.717, 1.165) is 11.3 Å². The summed E-state index contributed by atoms with van der Waals surface area (Å²) < 4.78 is 5.46. The van der Waals surface area contributed by atoms with E-state index in [1.807, 2.05) is 0 Å². The molecule has 1 aromatic heterocycles. The Morgan fingerprint density at radius 2 is 1.76 bits per heavy atom. The van der Waals surface area contributed by atoms with E-state index in [4.69, 9.17) is 4.74 Å². The van der Waals surface area contributed by atoms with Gasteiger partial charge in [0.2, 0.25) is 0 Å². The molecule has 1 amide bonds. The summed E-state index contributed by atoms with van der Waals surface area (Å²) in [5, 5.41) is 3.32. The summed E-state index contributed by atoms with van der Waals surface area (Å²) in [7, 11) is 0. The highest BCUT2D eigenvalue weighted by Crippen LogP contribution is 2.22. The van der Waals surface area contributed by atoms with Gasteiger partial charge >= 0.3 is 0 Å². The lowest BCUT2D eigenvalue weighted by Gasteiger charge is -2.06. The van der Waals surface area contributed by atoms with Gasteiger partial charge in [0.25, 0.3) is 5.91 Å². The van der Waals surface area contributed by atoms with Crippen molar-refractivity contribution < 1.29 is 14.3 Å². The lowest BCUT2D eigenvalue weighted by Crippen LogP contribution is -2.20. The number of ketones is 1. The highest BCUT2D eigenvalue weighted by Gasteiger charge is 2.09. The molecule has 5 nitrogen and oxygen atoms in total. The number of carbonyl (C=O) groups is 2. The average molecular weight is 409 g/mol. The van der Waals surface area contributed by atoms with Crippen molar-refractivity contribution in [2.24, 2.45) is 0 Å². The minimum absolute atomic E-state index is 0.00951. The van der Waals surface area contributed by atoms with Crippen LogP contribution in [0.3, 0.4) is 0 Å². The van der Waals surface area contributed by atoms with Gasteiger partial charge in [-0.05, 0) is 48.2 Å². The third-order valence-corrected chi connectivity index (χ3v) is 5.37. The van der Waals surface area contributed by atoms with E-state index in [9.17, 15) is 9.59 Å². The van der Waals surface area contributed by atoms with E-state index in [-0.39, 0.29) is 18.3 Å². The summed E-state index contributed by atoms with van der Waals surface area (Å²) in [4.78, 5) is 28.7. The van der Waals surface area contributed by atoms with Crippen LogP contribution in [0.15, 0.2) is 54.7 Å². The number of thiazole rings is 1. The van der Waals surface area contributed by atoms with Crippen molar-refractivity contribution in [3.8, 4) is 5.75 Å². The van der Waals surface area contributed by atoms with Crippen molar-refractivity contribution >= 4 is 28.2 Å². The predicted octanol–water partition coefficient (Wildman–Crippen LogP) is 5.08. The lowest BCUT2D eigenvalue weighted by atomic mass is 10.0. The molecule has 1 N–H and O–H groups in total. The summed E-state index contributed by atoms with van der Waals surface area (Å²) in [5.74, 6) is 0.769. The molecule has 0 saturated heterocycles. The topological polar surface area (TPSA) is 68.3 Å². The smallest absolute Gasteiger partial charge is 0.264 e. The molecule has 0 atom stereocenters. The number of benzene rings is 2. The Balaban J connectivity index is 1.50. The van der Waals surface area contributed by atoms with Gasteiger partial charge < -0.3 is 4.74 Å². The van der Waals surface area contributed by atoms with Crippen LogP contribution in [0.4, 0.5) is 5.13 Å². The first-order valence-corrected chi connectivity index (χ1v) is 10.3. The number of carbonyl (C=O) groups excluding carboxylic acids is 2. The van der Waals surface area contributed by atoms with Crippen molar-refractivity contribution in [1.82, 2.24) is 4.98 Å². The number of nitrogens with zero attached hydrogens (tertiary/aromatic N) is 1. The summed E-state index contributed by atoms with van der Waals surface area (Å²) in [6.07, 6.45) is 2.57. The molecule has 0 saturated carbocycles. The maximum atomic E-state index is 12.1. The highest BCUT2D eigenvalue weighted by atomic mass is 32.1. The Hall–Kier alpha value is -2.99. The molecule has 0 fully saturated rings. The van der Waals surface area contributed by atoms with Crippen LogP contribution in [0, 0.1) is 0 Å². The van der Waals surface area contributed by atoms with Crippen LogP contribution in [0.5, 0.6) is 5.75 Å². The molecule has 1 heterocycles. The van der Waals surface area contributed by atoms with Gasteiger partial charge in [-0.3, -0.25) is 14.9 Å². The number of hydrogen-bond donors (Lipinski definition) is 1. The second-order valence-electron chi connectivity index (χ2n) is 7.12. The fourth-order valence-electron chi connectivity index (χ4n) is 2.76. The number of hydrogen-bond acceptors (Lipinski definition) is 5. The summed E-state index contributed by atoms with van der Waals surface area (Å²) in [6.45, 7) is 5.74. The highest BCUT2D eigenvalue weighted by molar-refractivity contribution is 7.15. The number of ether oxygens (including phenoxy) is 1. The average Bonchev–Trinajstić information content (AvgIpc) is 3.13. The van der Waals surface area contributed by atoms with Crippen LogP contribution in [0.1, 0.15) is 53.1 Å². The van der Waals surface area contributed by atoms with E-state index in [2.05, 4.69) is 48.4 Å². The summed E-state index contributed by atoms with van der Waals surface area (Å²) >= 11 is 1.46. The number of anilines is 1. The number of nitrogens with one attached hydrogen (secondary N) is 1. The largest absolute Gasteiger partial charge is 0.484 e. The molecule has 0 aliphatic carbocycles. The Labute approximate surface area is 174 Å². The molecule has 0 aliphatic rings. The summed E-state index contributed by atoms with van der Waals surface area (Å²) in [6, 6.07) is 15.3. The molecule has 3 rings (SSSR count). The van der Waals surface area contributed by atoms with Gasteiger partial charge in [-0.15, -0.1) is 11.3 Å². The van der Waals surface area contributed by atoms with Gasteiger partial charge in [0, 0.05) is 23.1 Å². The monoisotopic (exact) mass is 408 g/mol. The van der Waals surface area contributed by atoms with Gasteiger partial charge in [0.15, 0.2) is 17.5 Å². The zero-order chi connectivity index (χ0) is 20.8. The van der Waals surface area contributed by atoms with Crippen molar-refractivity contribution in [3.05, 3.63) is 76.3 Å². The predicted molar refractivity (Wildman–Crippen MR) is 116 cm³/mol. The molecule has 150 valence electrons. The minimum atomic E-state index is -0.275. The van der Waals surface area contributed by atoms with Crippen molar-refractivity contribution in [3.63, 3.8) is 0 Å². The van der Waals surface area contributed by atoms with E-state index in [0.29, 0.717) is 22.4 Å². The number of aromatic nitrogens is 1. The first-order chi connectivity index (χ1) is 13.9. The van der Waals surface area contributed by atoms with Crippen LogP contribution in [-0.2, 0) is 11.2 Å². The molecular weight excluding hydrogens is 384 g/mol. The van der Waals surface area contributed by atoms with Crippen molar-refractivity contribution in [2.45, 2.75) is 33.1 Å². The van der Waals surface area contributed by atoms with Crippen LogP contribution in [0.25, 0.3) is 0 Å². The van der Waals surface area contributed by atoms with E-state index < -0.39 is 0 Å². The standard InChI is InChI=1S/C23H24N2O3S/c1-15(2)18-6-4-17(5-7-18)12-21-13-24-23(29-21)25-22(27)14-28-20-10-8-19(9-11-20)16(3)26/h4-11,13,15H,12,14H2,1-3H3,(H,24,25,27). The molecule has 3 aromatic rings. The molecule has 0 bridgehead atoms. The third-order valence-electron chi connectivity index (χ3n) is 4.46. The van der Waals surface area contributed by atoms with Crippen LogP contribution >= 0.6 is 11.3 Å². The lowest BCUT2D eigenvalue weighted by molar-refractivity contribution is -0.118. The van der Waals surface area contributed by atoms with E-state index in [1.165, 1.54) is 29.4 Å². The first-order valence-electron chi connectivity index (χ1n) is 9.48. The fraction of sp³-hybridized carbons (Fsp3) is 0.261. The quantitative estimate of drug-likeness (QED) is 0.528. The van der Waals surface area contributed by atoms with Gasteiger partial charge in [0.05, 0.1) is 0 Å². The Bertz CT molecular complexity index is 976. The van der Waals surface area contributed by atoms with Crippen molar-refractivity contribution in [2.75, 3.05) is 11.9 Å². The molecule has 0 radical (unpaired) electrons. The zero-order valence-electron chi connectivity index (χ0n) is 16.8. The zero-order valence-corrected chi connectivity index (χ0v) is 17.6. The van der Waals surface area contributed by atoms with Gasteiger partial charge in [0.1, 0.15) is 5.75 Å². The van der Waals surface area contributed by atoms with Crippen LogP contribution < -0.4 is 10.1 Å². The maximum Gasteiger partial charge on any atom is 0.264 e. The minimum Gasteiger partial charge on any atom is -0.484 e. The van der Waals surface area contributed by atoms with Crippen molar-refractivity contribution in [1.29, 1.82) is 0 Å². The Morgan fingerprint density at radius 1 is 1.07 bits per heavy atom. The normalized spacial score (nSPS) is 10.8. The molecule has 29 heavy (non-hydrogen) atoms. The Morgan fingerprint density at radius 3 is 2.38 bits per heavy atom. The summed E-state index contributed by atoms with van der Waals surface area (Å²) in [5.41, 5.74) is 3.14. The van der Waals surface area contributed by atoms with Gasteiger partial charge in [-0.25, -0.2) is 4.98 Å². The molecular formula is C23H24N2O3S. The number of rotatable bonds is 8. The molecule has 0 spiro atoms. The fourth-order valence-corrected chi connectivity index (χ4v) is 3.62. The Kier molecular flexibility index (Phi) is 6.77. The second-order valence-corrected chi connectivity index (χ2v) is 8.24. The van der Waals surface area contributed by atoms with Gasteiger partial charge in [-0.1, -0.05) is 38.1 Å². The number of Topliss-reactive ketones (excluding diaryl/α,β-unsaturated/α-hetero) is 1. The van der Waals surface area contributed by atoms with Crippen LogP contribution in [-0.4, -0.2) is 23.3 Å². The SMILES string of the molecule is CC(=O)c1ccc(OCC(=O)Nc2ncc(Cc3ccc(C(C)C)cc3)s2)cc1. The van der Waals surface area contributed by atoms with Gasteiger partial charge in [-0.2, -0.15) is 0 Å². The molecule has 6 heteroatoms. The third kappa shape index (κ3) is 5.99. The number of amides is 1. The molecule has 0 unspecified atom stereocenters. The van der Waals surface area contributed by atoms with E-state index in [1.54, 1.807) is 30.5 Å². The van der Waals surface area contributed by atoms with E-state index >= 15 is 0 Å². The molecule has 0 aliphatic heterocycles.